The number of nitrogens with one attached hydrogen (secondary N) is 1. The molecule has 2 heterocycles. The highest BCUT2D eigenvalue weighted by molar-refractivity contribution is 7.10. The van der Waals surface area contributed by atoms with E-state index in [4.69, 9.17) is 0 Å². The van der Waals surface area contributed by atoms with Crippen LogP contribution in [0.3, 0.4) is 0 Å². The molecule has 0 spiro atoms. The van der Waals surface area contributed by atoms with Crippen LogP contribution in [-0.4, -0.2) is 27.4 Å². The molecule has 156 valence electrons. The quantitative estimate of drug-likeness (QED) is 0.605. The van der Waals surface area contributed by atoms with Crippen molar-refractivity contribution in [1.82, 2.24) is 14.9 Å². The van der Waals surface area contributed by atoms with Crippen LogP contribution in [0.2, 0.25) is 0 Å². The van der Waals surface area contributed by atoms with Crippen molar-refractivity contribution < 1.29 is 9.59 Å². The van der Waals surface area contributed by atoms with Crippen LogP contribution >= 0.6 is 22.9 Å². The molecule has 0 radical (unpaired) electrons. The maximum atomic E-state index is 13.5. The summed E-state index contributed by atoms with van der Waals surface area (Å²) < 4.78 is 3.85. The largest absolute Gasteiger partial charge is 0.351 e. The van der Waals surface area contributed by atoms with E-state index in [0.717, 1.165) is 53.2 Å². The van der Waals surface area contributed by atoms with E-state index in [-0.39, 0.29) is 23.6 Å². The molecule has 2 amide bonds. The molecule has 1 aliphatic rings. The maximum absolute atomic E-state index is 13.5. The summed E-state index contributed by atoms with van der Waals surface area (Å²) in [6.07, 6.45) is 4.21. The maximum Gasteiger partial charge on any atom is 0.280 e. The van der Waals surface area contributed by atoms with Crippen molar-refractivity contribution in [1.29, 1.82) is 0 Å². The number of thiophene rings is 1. The van der Waals surface area contributed by atoms with Crippen molar-refractivity contribution in [2.45, 2.75) is 51.6 Å². The van der Waals surface area contributed by atoms with Crippen LogP contribution in [-0.2, 0) is 4.79 Å². The van der Waals surface area contributed by atoms with Gasteiger partial charge in [0.25, 0.3) is 5.91 Å². The summed E-state index contributed by atoms with van der Waals surface area (Å²) in [5.41, 5.74) is 3.11. The SMILES string of the molecule is Cc1ccc(N(C(=O)c2csnn2)C(C(=O)NC2CCCC2)c2cccs2)cc1C. The van der Waals surface area contributed by atoms with E-state index in [0.29, 0.717) is 5.69 Å². The van der Waals surface area contributed by atoms with E-state index in [1.54, 1.807) is 10.3 Å². The number of hydrogen-bond acceptors (Lipinski definition) is 6. The lowest BCUT2D eigenvalue weighted by Crippen LogP contribution is -2.46. The van der Waals surface area contributed by atoms with Gasteiger partial charge in [0.15, 0.2) is 11.7 Å². The molecular weight excluding hydrogens is 416 g/mol. The van der Waals surface area contributed by atoms with Gasteiger partial charge in [-0.25, -0.2) is 0 Å². The molecule has 0 saturated heterocycles. The van der Waals surface area contributed by atoms with Crippen LogP contribution in [0.5, 0.6) is 0 Å². The molecule has 0 bridgehead atoms. The topological polar surface area (TPSA) is 75.2 Å². The molecule has 1 atom stereocenters. The first-order valence-corrected chi connectivity index (χ1v) is 11.8. The molecule has 0 aliphatic heterocycles. The Morgan fingerprint density at radius 2 is 1.97 bits per heavy atom. The zero-order chi connectivity index (χ0) is 21.1. The minimum absolute atomic E-state index is 0.154. The summed E-state index contributed by atoms with van der Waals surface area (Å²) in [6.45, 7) is 4.03. The number of hydrogen-bond donors (Lipinski definition) is 1. The Balaban J connectivity index is 1.78. The summed E-state index contributed by atoms with van der Waals surface area (Å²) in [5, 5.41) is 10.7. The Kier molecular flexibility index (Phi) is 6.24. The fourth-order valence-electron chi connectivity index (χ4n) is 3.81. The molecule has 1 saturated carbocycles. The second-order valence-electron chi connectivity index (χ2n) is 7.64. The number of benzene rings is 1. The molecule has 1 fully saturated rings. The van der Waals surface area contributed by atoms with Gasteiger partial charge in [-0.15, -0.1) is 16.4 Å². The molecule has 8 heteroatoms. The third-order valence-electron chi connectivity index (χ3n) is 5.59. The molecule has 6 nitrogen and oxygen atoms in total. The van der Waals surface area contributed by atoms with Crippen molar-refractivity contribution in [3.63, 3.8) is 0 Å². The minimum Gasteiger partial charge on any atom is -0.351 e. The average Bonchev–Trinajstić information content (AvgIpc) is 3.50. The molecule has 1 aromatic carbocycles. The van der Waals surface area contributed by atoms with Crippen LogP contribution in [0.1, 0.15) is 58.2 Å². The monoisotopic (exact) mass is 440 g/mol. The predicted molar refractivity (Wildman–Crippen MR) is 120 cm³/mol. The van der Waals surface area contributed by atoms with Gasteiger partial charge in [0.1, 0.15) is 0 Å². The van der Waals surface area contributed by atoms with Gasteiger partial charge in [-0.05, 0) is 72.9 Å². The second kappa shape index (κ2) is 9.06. The Morgan fingerprint density at radius 1 is 1.17 bits per heavy atom. The average molecular weight is 441 g/mol. The third-order valence-corrected chi connectivity index (χ3v) is 7.02. The van der Waals surface area contributed by atoms with E-state index >= 15 is 0 Å². The summed E-state index contributed by atoms with van der Waals surface area (Å²) >= 11 is 2.60. The molecule has 3 aromatic rings. The number of aryl methyl sites for hydroxylation is 2. The highest BCUT2D eigenvalue weighted by atomic mass is 32.1. The van der Waals surface area contributed by atoms with E-state index in [2.05, 4.69) is 14.9 Å². The number of carbonyl (C=O) groups is 2. The number of aromatic nitrogens is 2. The van der Waals surface area contributed by atoms with Crippen LogP contribution in [0.25, 0.3) is 0 Å². The lowest BCUT2D eigenvalue weighted by atomic mass is 10.1. The Bertz CT molecular complexity index is 1010. The van der Waals surface area contributed by atoms with E-state index in [1.165, 1.54) is 11.3 Å². The molecule has 1 unspecified atom stereocenters. The van der Waals surface area contributed by atoms with Crippen LogP contribution in [0, 0.1) is 13.8 Å². The van der Waals surface area contributed by atoms with Crippen molar-refractivity contribution >= 4 is 40.4 Å². The first-order chi connectivity index (χ1) is 14.5. The number of rotatable bonds is 6. The van der Waals surface area contributed by atoms with Crippen molar-refractivity contribution in [2.24, 2.45) is 0 Å². The van der Waals surface area contributed by atoms with Crippen molar-refractivity contribution in [3.05, 3.63) is 62.8 Å². The zero-order valence-electron chi connectivity index (χ0n) is 17.0. The van der Waals surface area contributed by atoms with Crippen molar-refractivity contribution in [2.75, 3.05) is 4.90 Å². The fraction of sp³-hybridized carbons (Fsp3) is 0.364. The first-order valence-electron chi connectivity index (χ1n) is 10.1. The first kappa shape index (κ1) is 20.7. The highest BCUT2D eigenvalue weighted by Gasteiger charge is 2.36. The molecule has 2 aromatic heterocycles. The van der Waals surface area contributed by atoms with Gasteiger partial charge in [0, 0.05) is 22.0 Å². The van der Waals surface area contributed by atoms with Gasteiger partial charge in [-0.1, -0.05) is 29.5 Å². The fourth-order valence-corrected chi connectivity index (χ4v) is 5.05. The minimum atomic E-state index is -0.762. The second-order valence-corrected chi connectivity index (χ2v) is 9.23. The predicted octanol–water partition coefficient (Wildman–Crippen LogP) is 4.66. The van der Waals surface area contributed by atoms with E-state index < -0.39 is 6.04 Å². The molecular formula is C22H24N4O2S2. The molecule has 1 N–H and O–H groups in total. The smallest absolute Gasteiger partial charge is 0.280 e. The summed E-state index contributed by atoms with van der Waals surface area (Å²) in [7, 11) is 0. The summed E-state index contributed by atoms with van der Waals surface area (Å²) in [6, 6.07) is 9.04. The van der Waals surface area contributed by atoms with Crippen LogP contribution in [0.4, 0.5) is 5.69 Å². The van der Waals surface area contributed by atoms with Gasteiger partial charge in [0.05, 0.1) is 0 Å². The highest BCUT2D eigenvalue weighted by Crippen LogP contribution is 2.33. The van der Waals surface area contributed by atoms with Crippen molar-refractivity contribution in [3.8, 4) is 0 Å². The zero-order valence-corrected chi connectivity index (χ0v) is 18.6. The van der Waals surface area contributed by atoms with E-state index in [9.17, 15) is 9.59 Å². The number of carbonyl (C=O) groups excluding carboxylic acids is 2. The van der Waals surface area contributed by atoms with Gasteiger partial charge < -0.3 is 5.32 Å². The van der Waals surface area contributed by atoms with Gasteiger partial charge in [-0.3, -0.25) is 14.5 Å². The number of nitrogens with zero attached hydrogens (tertiary/aromatic N) is 3. The summed E-state index contributed by atoms with van der Waals surface area (Å²) in [5.74, 6) is -0.480. The molecule has 1 aliphatic carbocycles. The number of anilines is 1. The number of amides is 2. The lowest BCUT2D eigenvalue weighted by molar-refractivity contribution is -0.123. The Morgan fingerprint density at radius 3 is 2.60 bits per heavy atom. The van der Waals surface area contributed by atoms with Crippen LogP contribution in [0.15, 0.2) is 41.1 Å². The normalized spacial score (nSPS) is 15.1. The Hall–Kier alpha value is -2.58. The van der Waals surface area contributed by atoms with Gasteiger partial charge >= 0.3 is 0 Å². The van der Waals surface area contributed by atoms with E-state index in [1.807, 2.05) is 49.6 Å². The van der Waals surface area contributed by atoms with Gasteiger partial charge in [0.2, 0.25) is 5.91 Å². The lowest BCUT2D eigenvalue weighted by Gasteiger charge is -2.31. The summed E-state index contributed by atoms with van der Waals surface area (Å²) in [4.78, 5) is 29.4. The third kappa shape index (κ3) is 4.29. The molecule has 30 heavy (non-hydrogen) atoms. The standard InChI is InChI=1S/C22H24N4O2S2/c1-14-9-10-17(12-15(14)2)26(22(28)18-13-30-25-24-18)20(19-8-5-11-29-19)21(27)23-16-6-3-4-7-16/h5,8-13,16,20H,3-4,6-7H2,1-2H3,(H,23,27). The van der Waals surface area contributed by atoms with Gasteiger partial charge in [-0.2, -0.15) is 0 Å². The Labute approximate surface area is 184 Å². The molecule has 4 rings (SSSR count). The van der Waals surface area contributed by atoms with Crippen LogP contribution < -0.4 is 10.2 Å².